The van der Waals surface area contributed by atoms with Crippen LogP contribution in [0.2, 0.25) is 19.6 Å². The molecule has 0 saturated heterocycles. The molecule has 4 heterocycles. The number of furan rings is 1. The fourth-order valence-corrected chi connectivity index (χ4v) is 7.69. The van der Waals surface area contributed by atoms with E-state index in [1.807, 2.05) is 72.8 Å². The summed E-state index contributed by atoms with van der Waals surface area (Å²) in [5, 5.41) is 3.52. The van der Waals surface area contributed by atoms with Gasteiger partial charge in [0.2, 0.25) is 5.71 Å². The van der Waals surface area contributed by atoms with Gasteiger partial charge in [-0.05, 0) is 52.5 Å². The Balaban J connectivity index is 0.000000191. The van der Waals surface area contributed by atoms with Gasteiger partial charge < -0.3 is 14.4 Å². The van der Waals surface area contributed by atoms with Crippen LogP contribution in [-0.4, -0.2) is 23.0 Å². The molecule has 4 nitrogen and oxygen atoms in total. The molecule has 50 heavy (non-hydrogen) atoms. The van der Waals surface area contributed by atoms with Crippen molar-refractivity contribution in [3.63, 3.8) is 0 Å². The monoisotopic (exact) mass is 852 g/mol. The summed E-state index contributed by atoms with van der Waals surface area (Å²) in [6.07, 6.45) is 5.03. The number of hydrogen-bond donors (Lipinski definition) is 0. The van der Waals surface area contributed by atoms with Crippen LogP contribution in [0.5, 0.6) is 0 Å². The first-order chi connectivity index (χ1) is 23.4. The Hall–Kier alpha value is -4.22. The largest absolute Gasteiger partial charge is 0.486 e. The Morgan fingerprint density at radius 3 is 2.18 bits per heavy atom. The number of hydrogen-bond acceptors (Lipinski definition) is 4. The van der Waals surface area contributed by atoms with E-state index >= 15 is 0 Å². The van der Waals surface area contributed by atoms with Gasteiger partial charge in [0.25, 0.3) is 0 Å². The van der Waals surface area contributed by atoms with Gasteiger partial charge in [-0.2, -0.15) is 0 Å². The maximum atomic E-state index is 6.12. The number of pyridine rings is 3. The van der Waals surface area contributed by atoms with Gasteiger partial charge in [0.15, 0.2) is 0 Å². The van der Waals surface area contributed by atoms with Gasteiger partial charge in [0, 0.05) is 43.4 Å². The van der Waals surface area contributed by atoms with Crippen molar-refractivity contribution < 1.29 is 24.5 Å². The third-order valence-electron chi connectivity index (χ3n) is 8.66. The van der Waals surface area contributed by atoms with Gasteiger partial charge in [-0.3, -0.25) is 0 Å². The molecule has 0 amide bonds. The second-order valence-corrected chi connectivity index (χ2v) is 20.2. The van der Waals surface area contributed by atoms with E-state index in [1.54, 1.807) is 6.20 Å². The maximum Gasteiger partial charge on any atom is 0.216 e. The molecule has 1 radical (unpaired) electrons. The first-order valence-electron chi connectivity index (χ1n) is 17.1. The van der Waals surface area contributed by atoms with Gasteiger partial charge in [0.05, 0.1) is 19.4 Å². The second kappa shape index (κ2) is 15.3. The van der Waals surface area contributed by atoms with Crippen molar-refractivity contribution in [3.05, 3.63) is 133 Å². The van der Waals surface area contributed by atoms with Crippen molar-refractivity contribution in [1.82, 2.24) is 15.0 Å². The molecule has 0 saturated carbocycles. The van der Waals surface area contributed by atoms with E-state index in [1.165, 1.54) is 16.3 Å². The van der Waals surface area contributed by atoms with Crippen LogP contribution in [0.4, 0.5) is 0 Å². The van der Waals surface area contributed by atoms with Crippen molar-refractivity contribution in [2.24, 2.45) is 5.92 Å². The Labute approximate surface area is 311 Å². The molecule has 6 heteroatoms. The quantitative estimate of drug-likeness (QED) is 0.124. The van der Waals surface area contributed by atoms with E-state index in [0.29, 0.717) is 11.6 Å². The van der Waals surface area contributed by atoms with Gasteiger partial charge in [-0.15, -0.1) is 53.6 Å². The van der Waals surface area contributed by atoms with Crippen LogP contribution in [0, 0.1) is 18.1 Å². The molecule has 0 N–H and O–H groups in total. The molecule has 0 aliphatic carbocycles. The molecule has 0 aliphatic rings. The average Bonchev–Trinajstić information content (AvgIpc) is 3.46. The summed E-state index contributed by atoms with van der Waals surface area (Å²) in [6, 6.07) is 39.3. The van der Waals surface area contributed by atoms with Gasteiger partial charge in [0.1, 0.15) is 0 Å². The second-order valence-electron chi connectivity index (χ2n) is 15.1. The molecular formula is C44H45IrN3OSi-2. The first kappa shape index (κ1) is 37.0. The Bertz CT molecular complexity index is 2200. The van der Waals surface area contributed by atoms with Crippen molar-refractivity contribution in [3.8, 4) is 33.8 Å². The van der Waals surface area contributed by atoms with E-state index in [-0.39, 0.29) is 25.5 Å². The van der Waals surface area contributed by atoms with Crippen LogP contribution in [0.1, 0.15) is 45.7 Å². The molecule has 0 bridgehead atoms. The third-order valence-corrected chi connectivity index (χ3v) is 10.7. The van der Waals surface area contributed by atoms with Crippen molar-refractivity contribution >= 4 is 35.3 Å². The van der Waals surface area contributed by atoms with Crippen molar-refractivity contribution in [2.45, 2.75) is 66.1 Å². The molecule has 257 valence electrons. The van der Waals surface area contributed by atoms with Gasteiger partial charge >= 0.3 is 0 Å². The van der Waals surface area contributed by atoms with Crippen LogP contribution in [0.15, 0.2) is 114 Å². The van der Waals surface area contributed by atoms with Crippen molar-refractivity contribution in [1.29, 1.82) is 0 Å². The summed E-state index contributed by atoms with van der Waals surface area (Å²) >= 11 is 0. The number of aromatic nitrogens is 3. The van der Waals surface area contributed by atoms with Crippen LogP contribution < -0.4 is 5.19 Å². The Morgan fingerprint density at radius 2 is 1.50 bits per heavy atom. The minimum absolute atomic E-state index is 0. The number of benzene rings is 3. The van der Waals surface area contributed by atoms with E-state index in [9.17, 15) is 0 Å². The smallest absolute Gasteiger partial charge is 0.216 e. The zero-order valence-corrected chi connectivity index (χ0v) is 33.7. The summed E-state index contributed by atoms with van der Waals surface area (Å²) in [6.45, 7) is 18.5. The van der Waals surface area contributed by atoms with Crippen LogP contribution in [0.25, 0.3) is 55.8 Å². The summed E-state index contributed by atoms with van der Waals surface area (Å²) in [4.78, 5) is 13.9. The van der Waals surface area contributed by atoms with Crippen LogP contribution in [0.3, 0.4) is 0 Å². The SMILES string of the molecule is CC(C)Cc1cc(-c2[c-]ccc(C(C)(C)C)c2)ncc1[Si](C)(C)C.[Ir].[c-]1ccc2c(oc3nc(-c4ccccc4)ccc32)c1-c1ccccn1. The molecule has 0 unspecified atom stereocenters. The third kappa shape index (κ3) is 8.38. The van der Waals surface area contributed by atoms with Crippen LogP contribution >= 0.6 is 0 Å². The molecule has 0 fully saturated rings. The number of fused-ring (bicyclic) bond motifs is 3. The standard InChI is InChI=1S/C22H13N2O.C22H32NSi.Ir/c1-2-7-15(8-3-1)19-13-12-17-16-9-6-10-18(20-11-4-5-14-23-20)21(16)25-22(17)24-19;1-16(2)12-18-14-20(23-15-21(18)24(6,7)8)17-10-9-11-19(13-17)22(3,4)5;/h1-9,11-14H;9,11,13-16H,12H2,1-8H3;/q2*-1;. The molecule has 0 aliphatic heterocycles. The Morgan fingerprint density at radius 1 is 0.760 bits per heavy atom. The fourth-order valence-electron chi connectivity index (χ4n) is 6.10. The topological polar surface area (TPSA) is 51.8 Å². The minimum atomic E-state index is -1.38. The predicted octanol–water partition coefficient (Wildman–Crippen LogP) is 11.1. The molecule has 4 aromatic heterocycles. The molecule has 0 atom stereocenters. The number of rotatable bonds is 6. The molecule has 7 aromatic rings. The van der Waals surface area contributed by atoms with E-state index < -0.39 is 8.07 Å². The normalized spacial score (nSPS) is 11.7. The average molecular weight is 852 g/mol. The van der Waals surface area contributed by atoms with Gasteiger partial charge in [-0.25, -0.2) is 4.98 Å². The van der Waals surface area contributed by atoms with Crippen LogP contribution in [-0.2, 0) is 31.9 Å². The minimum Gasteiger partial charge on any atom is -0.486 e. The van der Waals surface area contributed by atoms with E-state index in [0.717, 1.165) is 56.5 Å². The zero-order chi connectivity index (χ0) is 34.8. The number of nitrogens with zero attached hydrogens (tertiary/aromatic N) is 3. The van der Waals surface area contributed by atoms with Crippen molar-refractivity contribution in [2.75, 3.05) is 0 Å². The Kier molecular flexibility index (Phi) is 11.4. The van der Waals surface area contributed by atoms with Gasteiger partial charge in [-0.1, -0.05) is 119 Å². The molecule has 0 spiro atoms. The summed E-state index contributed by atoms with van der Waals surface area (Å²) in [5.41, 5.74) is 10.2. The predicted molar refractivity (Wildman–Crippen MR) is 208 cm³/mol. The summed E-state index contributed by atoms with van der Waals surface area (Å²) in [7, 11) is -1.38. The fraction of sp³-hybridized carbons (Fsp3) is 0.250. The first-order valence-corrected chi connectivity index (χ1v) is 20.6. The van der Waals surface area contributed by atoms with E-state index in [2.05, 4.69) is 102 Å². The molecule has 7 rings (SSSR count). The summed E-state index contributed by atoms with van der Waals surface area (Å²) < 4.78 is 6.12. The molecular weight excluding hydrogens is 807 g/mol. The molecule has 3 aromatic carbocycles. The van der Waals surface area contributed by atoms with E-state index in [4.69, 9.17) is 14.4 Å². The maximum absolute atomic E-state index is 6.12. The zero-order valence-electron chi connectivity index (χ0n) is 30.3. The summed E-state index contributed by atoms with van der Waals surface area (Å²) in [5.74, 6) is 0.653.